The van der Waals surface area contributed by atoms with E-state index >= 15 is 0 Å². The molecule has 336 valence electrons. The number of pyridine rings is 2. The lowest BCUT2D eigenvalue weighted by molar-refractivity contribution is -0.275. The Kier molecular flexibility index (Phi) is 12.5. The second kappa shape index (κ2) is 17.9. The van der Waals surface area contributed by atoms with Gasteiger partial charge in [-0.25, -0.2) is 0 Å². The van der Waals surface area contributed by atoms with Crippen molar-refractivity contribution in [3.63, 3.8) is 0 Å². The topological polar surface area (TPSA) is 163 Å². The average molecular weight is 895 g/mol. The van der Waals surface area contributed by atoms with Gasteiger partial charge in [-0.3, -0.25) is 19.2 Å². The third kappa shape index (κ3) is 10.2. The summed E-state index contributed by atoms with van der Waals surface area (Å²) < 4.78 is 87.5. The van der Waals surface area contributed by atoms with E-state index < -0.39 is 24.2 Å². The predicted molar refractivity (Wildman–Crippen MR) is 223 cm³/mol. The number of rotatable bonds is 8. The van der Waals surface area contributed by atoms with Gasteiger partial charge in [0.15, 0.2) is 11.6 Å². The fourth-order valence-electron chi connectivity index (χ4n) is 7.14. The van der Waals surface area contributed by atoms with Crippen molar-refractivity contribution in [2.24, 2.45) is 14.1 Å². The molecule has 16 nitrogen and oxygen atoms in total. The molecule has 2 aliphatic heterocycles. The first-order valence-corrected chi connectivity index (χ1v) is 19.5. The molecule has 0 saturated heterocycles. The lowest BCUT2D eigenvalue weighted by Crippen LogP contribution is -2.36. The number of ether oxygens (including phenoxy) is 2. The number of hydrogen-bond acceptors (Lipinski definition) is 12. The van der Waals surface area contributed by atoms with E-state index in [0.717, 1.165) is 33.6 Å². The average Bonchev–Trinajstić information content (AvgIpc) is 3.23. The van der Waals surface area contributed by atoms with Gasteiger partial charge in [0.1, 0.15) is 22.9 Å². The van der Waals surface area contributed by atoms with Crippen molar-refractivity contribution < 1.29 is 35.8 Å². The molecule has 0 bridgehead atoms. The SMILES string of the molecule is CN1CCc2c(Nc3cccn(C)c3=O)nn(-c3ccc(OC(F)(F)F)cc3)c(=O)c2C1.CN1CCc2c(c(Nc3cccn(C)c3=O)nn(-c3ccc(OC(F)(F)F)cc3)c2=O)C1. The Morgan fingerprint density at radius 3 is 1.34 bits per heavy atom. The van der Waals surface area contributed by atoms with Crippen LogP contribution in [0.1, 0.15) is 22.3 Å². The quantitative estimate of drug-likeness (QED) is 0.194. The molecule has 6 aromatic rings. The number of aromatic nitrogens is 6. The number of benzene rings is 2. The van der Waals surface area contributed by atoms with E-state index in [9.17, 15) is 45.5 Å². The van der Waals surface area contributed by atoms with Crippen molar-refractivity contribution in [3.8, 4) is 22.9 Å². The number of hydrogen-bond donors (Lipinski definition) is 2. The molecular formula is C42H40F6N10O6. The number of nitrogens with one attached hydrogen (secondary N) is 2. The summed E-state index contributed by atoms with van der Waals surface area (Å²) in [6.45, 7) is 2.22. The predicted octanol–water partition coefficient (Wildman–Crippen LogP) is 5.12. The van der Waals surface area contributed by atoms with Crippen LogP contribution in [-0.2, 0) is 40.0 Å². The summed E-state index contributed by atoms with van der Waals surface area (Å²) in [4.78, 5) is 55.2. The third-order valence-electron chi connectivity index (χ3n) is 10.3. The first-order chi connectivity index (χ1) is 30.2. The van der Waals surface area contributed by atoms with E-state index in [4.69, 9.17) is 0 Å². The van der Waals surface area contributed by atoms with Crippen molar-refractivity contribution in [1.29, 1.82) is 0 Å². The Labute approximate surface area is 359 Å². The maximum absolute atomic E-state index is 13.2. The minimum atomic E-state index is -4.81. The van der Waals surface area contributed by atoms with Crippen molar-refractivity contribution in [1.82, 2.24) is 38.5 Å². The van der Waals surface area contributed by atoms with Crippen molar-refractivity contribution in [2.45, 2.75) is 38.7 Å². The van der Waals surface area contributed by atoms with Crippen LogP contribution in [0.5, 0.6) is 11.5 Å². The van der Waals surface area contributed by atoms with Crippen LogP contribution in [0, 0.1) is 0 Å². The van der Waals surface area contributed by atoms with Crippen LogP contribution >= 0.6 is 0 Å². The molecule has 0 spiro atoms. The molecule has 0 amide bonds. The van der Waals surface area contributed by atoms with Gasteiger partial charge in [0.25, 0.3) is 22.2 Å². The monoisotopic (exact) mass is 894 g/mol. The molecule has 0 radical (unpaired) electrons. The largest absolute Gasteiger partial charge is 0.573 e. The zero-order valence-corrected chi connectivity index (χ0v) is 34.6. The zero-order valence-electron chi connectivity index (χ0n) is 34.6. The van der Waals surface area contributed by atoms with Gasteiger partial charge in [-0.1, -0.05) is 0 Å². The number of anilines is 4. The van der Waals surface area contributed by atoms with Crippen LogP contribution in [0.2, 0.25) is 0 Å². The molecular weight excluding hydrogens is 855 g/mol. The Morgan fingerprint density at radius 1 is 0.516 bits per heavy atom. The standard InChI is InChI=1S/2C21H20F3N5O3/c1-27-11-9-15-16(12-27)18(25-17-4-3-10-28(2)20(17)31)26-29(19(15)30)13-5-7-14(8-6-13)32-21(22,23)24;1-27-11-9-15-16(12-27)19(30)29(13-5-7-14(8-6-13)32-21(22,23)24)26-18(15)25-17-4-3-10-28(2)20(17)31/h2*3-8,10H,9,11-12H2,1-2H3,(H,25,26). The fourth-order valence-corrected chi connectivity index (χ4v) is 7.14. The Morgan fingerprint density at radius 2 is 0.906 bits per heavy atom. The summed E-state index contributed by atoms with van der Waals surface area (Å²) in [5, 5.41) is 14.9. The van der Waals surface area contributed by atoms with Gasteiger partial charge >= 0.3 is 12.7 Å². The first kappa shape index (κ1) is 44.8. The van der Waals surface area contributed by atoms with Crippen LogP contribution in [-0.4, -0.2) is 78.4 Å². The van der Waals surface area contributed by atoms with E-state index in [1.807, 2.05) is 23.9 Å². The zero-order chi connectivity index (χ0) is 46.1. The van der Waals surface area contributed by atoms with Gasteiger partial charge in [0.05, 0.1) is 11.4 Å². The molecule has 22 heteroatoms. The number of aryl methyl sites for hydroxylation is 2. The van der Waals surface area contributed by atoms with E-state index in [0.29, 0.717) is 78.6 Å². The highest BCUT2D eigenvalue weighted by molar-refractivity contribution is 5.62. The Balaban J connectivity index is 0.000000191. The lowest BCUT2D eigenvalue weighted by Gasteiger charge is -2.27. The number of likely N-dealkylation sites (N-methyl/N-ethyl adjacent to an activating group) is 2. The van der Waals surface area contributed by atoms with Gasteiger partial charge in [0, 0.05) is 74.9 Å². The minimum Gasteiger partial charge on any atom is -0.406 e. The van der Waals surface area contributed by atoms with Crippen LogP contribution in [0.25, 0.3) is 11.4 Å². The molecule has 0 fully saturated rings. The highest BCUT2D eigenvalue weighted by atomic mass is 19.4. The van der Waals surface area contributed by atoms with Crippen LogP contribution in [0.3, 0.4) is 0 Å². The molecule has 0 unspecified atom stereocenters. The number of halogens is 6. The third-order valence-corrected chi connectivity index (χ3v) is 10.3. The fraction of sp³-hybridized carbons (Fsp3) is 0.286. The van der Waals surface area contributed by atoms with Crippen LogP contribution in [0.4, 0.5) is 49.4 Å². The van der Waals surface area contributed by atoms with Crippen molar-refractivity contribution in [3.05, 3.63) is 149 Å². The van der Waals surface area contributed by atoms with Gasteiger partial charge < -0.3 is 39.0 Å². The summed E-state index contributed by atoms with van der Waals surface area (Å²) in [7, 11) is 7.04. The molecule has 2 aliphatic rings. The summed E-state index contributed by atoms with van der Waals surface area (Å²) in [5.41, 5.74) is 2.33. The molecule has 0 aliphatic carbocycles. The van der Waals surface area contributed by atoms with Gasteiger partial charge in [-0.2, -0.15) is 9.36 Å². The van der Waals surface area contributed by atoms with Crippen LogP contribution in [0.15, 0.2) is 104 Å². The Hall–Kier alpha value is -7.20. The van der Waals surface area contributed by atoms with E-state index in [1.165, 1.54) is 33.4 Å². The highest BCUT2D eigenvalue weighted by Crippen LogP contribution is 2.28. The molecule has 0 saturated carbocycles. The van der Waals surface area contributed by atoms with Gasteiger partial charge in [-0.05, 0) is 99.7 Å². The number of alkyl halides is 6. The summed E-state index contributed by atoms with van der Waals surface area (Å²) >= 11 is 0. The molecule has 2 aromatic carbocycles. The molecule has 6 heterocycles. The van der Waals surface area contributed by atoms with Gasteiger partial charge in [-0.15, -0.1) is 36.5 Å². The molecule has 64 heavy (non-hydrogen) atoms. The maximum atomic E-state index is 13.2. The first-order valence-electron chi connectivity index (χ1n) is 19.5. The lowest BCUT2D eigenvalue weighted by atomic mass is 10.0. The summed E-state index contributed by atoms with van der Waals surface area (Å²) in [5.74, 6) is -0.116. The number of fused-ring (bicyclic) bond motifs is 2. The number of nitrogens with zero attached hydrogens (tertiary/aromatic N) is 8. The summed E-state index contributed by atoms with van der Waals surface area (Å²) in [6.07, 6.45) is -5.35. The molecule has 8 rings (SSSR count). The van der Waals surface area contributed by atoms with E-state index in [2.05, 4.69) is 30.3 Å². The highest BCUT2D eigenvalue weighted by Gasteiger charge is 2.32. The Bertz CT molecular complexity index is 2930. The maximum Gasteiger partial charge on any atom is 0.573 e. The van der Waals surface area contributed by atoms with Crippen molar-refractivity contribution >= 4 is 23.0 Å². The molecule has 2 N–H and O–H groups in total. The second-order valence-corrected chi connectivity index (χ2v) is 15.0. The second-order valence-electron chi connectivity index (χ2n) is 15.0. The molecule has 4 aromatic heterocycles. The normalized spacial score (nSPS) is 14.2. The van der Waals surface area contributed by atoms with E-state index in [-0.39, 0.29) is 39.3 Å². The summed E-state index contributed by atoms with van der Waals surface area (Å²) in [6, 6.07) is 16.4. The van der Waals surface area contributed by atoms with Crippen molar-refractivity contribution in [2.75, 3.05) is 37.8 Å². The van der Waals surface area contributed by atoms with Crippen LogP contribution < -0.4 is 42.3 Å². The van der Waals surface area contributed by atoms with E-state index in [1.54, 1.807) is 50.8 Å². The van der Waals surface area contributed by atoms with Gasteiger partial charge in [0.2, 0.25) is 0 Å². The smallest absolute Gasteiger partial charge is 0.406 e. The minimum absolute atomic E-state index is 0.262. The molecule has 0 atom stereocenters.